The highest BCUT2D eigenvalue weighted by molar-refractivity contribution is 5.83. The zero-order valence-electron chi connectivity index (χ0n) is 12.6. The lowest BCUT2D eigenvalue weighted by Crippen LogP contribution is -2.22. The lowest BCUT2D eigenvalue weighted by molar-refractivity contribution is 0.631. The van der Waals surface area contributed by atoms with Crippen LogP contribution in [0.2, 0.25) is 0 Å². The van der Waals surface area contributed by atoms with Gasteiger partial charge in [-0.1, -0.05) is 73.2 Å². The Morgan fingerprint density at radius 1 is 0.810 bits per heavy atom. The molecule has 3 rings (SSSR count). The number of fused-ring (bicyclic) bond motifs is 1. The average Bonchev–Trinajstić information content (AvgIpc) is 2.52. The monoisotopic (exact) mass is 275 g/mol. The van der Waals surface area contributed by atoms with Gasteiger partial charge in [-0.15, -0.1) is 0 Å². The molecule has 0 aromatic heterocycles. The molecule has 0 bridgehead atoms. The van der Waals surface area contributed by atoms with E-state index in [2.05, 4.69) is 85.9 Å². The molecule has 0 aliphatic rings. The summed E-state index contributed by atoms with van der Waals surface area (Å²) >= 11 is 0. The van der Waals surface area contributed by atoms with Gasteiger partial charge in [0.25, 0.3) is 0 Å². The molecule has 0 amide bonds. The van der Waals surface area contributed by atoms with Crippen LogP contribution in [-0.2, 0) is 0 Å². The molecule has 3 aromatic carbocycles. The number of rotatable bonds is 4. The predicted octanol–water partition coefficient (Wildman–Crippen LogP) is 4.85. The fourth-order valence-corrected chi connectivity index (χ4v) is 2.87. The summed E-state index contributed by atoms with van der Waals surface area (Å²) in [7, 11) is 0. The summed E-state index contributed by atoms with van der Waals surface area (Å²) in [4.78, 5) is 0. The Labute approximate surface area is 126 Å². The van der Waals surface area contributed by atoms with Crippen LogP contribution in [0.3, 0.4) is 0 Å². The molecule has 1 N–H and O–H groups in total. The van der Waals surface area contributed by atoms with E-state index in [0.717, 1.165) is 6.54 Å². The first-order valence-electron chi connectivity index (χ1n) is 7.56. The van der Waals surface area contributed by atoms with Gasteiger partial charge < -0.3 is 5.32 Å². The summed E-state index contributed by atoms with van der Waals surface area (Å²) in [6, 6.07) is 24.3. The van der Waals surface area contributed by atoms with Gasteiger partial charge in [0.2, 0.25) is 0 Å². The summed E-state index contributed by atoms with van der Waals surface area (Å²) < 4.78 is 0. The smallest absolute Gasteiger partial charge is 0.0576 e. The Balaban J connectivity index is 2.06. The van der Waals surface area contributed by atoms with Gasteiger partial charge in [-0.2, -0.15) is 0 Å². The highest BCUT2D eigenvalue weighted by atomic mass is 14.9. The number of hydrogen-bond donors (Lipinski definition) is 1. The van der Waals surface area contributed by atoms with Crippen LogP contribution in [0.15, 0.2) is 66.7 Å². The molecule has 106 valence electrons. The fraction of sp³-hybridized carbons (Fsp3) is 0.200. The lowest BCUT2D eigenvalue weighted by atomic mass is 9.95. The molecule has 0 saturated carbocycles. The zero-order chi connectivity index (χ0) is 14.7. The van der Waals surface area contributed by atoms with Gasteiger partial charge in [-0.05, 0) is 41.4 Å². The first-order valence-corrected chi connectivity index (χ1v) is 7.56. The van der Waals surface area contributed by atoms with Gasteiger partial charge in [-0.3, -0.25) is 0 Å². The van der Waals surface area contributed by atoms with E-state index in [1.807, 2.05) is 0 Å². The third-order valence-electron chi connectivity index (χ3n) is 3.89. The third-order valence-corrected chi connectivity index (χ3v) is 3.89. The molecule has 0 fully saturated rings. The number of benzene rings is 3. The number of aryl methyl sites for hydroxylation is 1. The topological polar surface area (TPSA) is 12.0 Å². The highest BCUT2D eigenvalue weighted by Gasteiger charge is 2.13. The highest BCUT2D eigenvalue weighted by Crippen LogP contribution is 2.26. The van der Waals surface area contributed by atoms with Gasteiger partial charge in [-0.25, -0.2) is 0 Å². The first-order chi connectivity index (χ1) is 10.3. The minimum Gasteiger partial charge on any atom is -0.307 e. The molecule has 0 radical (unpaired) electrons. The van der Waals surface area contributed by atoms with E-state index in [9.17, 15) is 0 Å². The fourth-order valence-electron chi connectivity index (χ4n) is 2.87. The van der Waals surface area contributed by atoms with Crippen LogP contribution in [-0.4, -0.2) is 6.54 Å². The minimum atomic E-state index is 0.250. The third kappa shape index (κ3) is 2.98. The molecule has 21 heavy (non-hydrogen) atoms. The Morgan fingerprint density at radius 2 is 1.57 bits per heavy atom. The van der Waals surface area contributed by atoms with Crippen molar-refractivity contribution in [1.29, 1.82) is 0 Å². The van der Waals surface area contributed by atoms with Crippen LogP contribution in [0.4, 0.5) is 0 Å². The van der Waals surface area contributed by atoms with Crippen molar-refractivity contribution in [3.63, 3.8) is 0 Å². The average molecular weight is 275 g/mol. The van der Waals surface area contributed by atoms with Crippen LogP contribution < -0.4 is 5.32 Å². The molecule has 1 unspecified atom stereocenters. The predicted molar refractivity (Wildman–Crippen MR) is 90.6 cm³/mol. The summed E-state index contributed by atoms with van der Waals surface area (Å²) in [5, 5.41) is 6.20. The number of nitrogens with one attached hydrogen (secondary N) is 1. The summed E-state index contributed by atoms with van der Waals surface area (Å²) in [6.07, 6.45) is 0. The van der Waals surface area contributed by atoms with Gasteiger partial charge in [0.1, 0.15) is 0 Å². The van der Waals surface area contributed by atoms with Gasteiger partial charge in [0.15, 0.2) is 0 Å². The number of hydrogen-bond acceptors (Lipinski definition) is 1. The second-order valence-corrected chi connectivity index (χ2v) is 5.51. The van der Waals surface area contributed by atoms with Crippen molar-refractivity contribution in [3.05, 3.63) is 83.4 Å². The molecule has 3 aromatic rings. The molecule has 0 saturated heterocycles. The van der Waals surface area contributed by atoms with Crippen LogP contribution in [0.1, 0.15) is 29.7 Å². The maximum atomic E-state index is 3.61. The molecule has 0 heterocycles. The molecule has 1 atom stereocenters. The summed E-state index contributed by atoms with van der Waals surface area (Å²) in [5.41, 5.74) is 3.95. The molecule has 1 heteroatoms. The maximum Gasteiger partial charge on any atom is 0.0576 e. The Hall–Kier alpha value is -2.12. The standard InChI is InChI=1S/C20H21N/c1-3-21-20(18-10-6-7-15(2)13-18)19-12-11-16-8-4-5-9-17(16)14-19/h4-14,20-21H,3H2,1-2H3. The molecule has 1 nitrogen and oxygen atoms in total. The second-order valence-electron chi connectivity index (χ2n) is 5.51. The SMILES string of the molecule is CCNC(c1cccc(C)c1)c1ccc2ccccc2c1. The van der Waals surface area contributed by atoms with E-state index in [4.69, 9.17) is 0 Å². The maximum absolute atomic E-state index is 3.61. The first kappa shape index (κ1) is 13.8. The van der Waals surface area contributed by atoms with E-state index in [0.29, 0.717) is 0 Å². The summed E-state index contributed by atoms with van der Waals surface area (Å²) in [6.45, 7) is 5.25. The van der Waals surface area contributed by atoms with Crippen LogP contribution in [0.25, 0.3) is 10.8 Å². The molecule has 0 aliphatic heterocycles. The van der Waals surface area contributed by atoms with Crippen LogP contribution >= 0.6 is 0 Å². The van der Waals surface area contributed by atoms with Crippen molar-refractivity contribution in [2.24, 2.45) is 0 Å². The normalized spacial score (nSPS) is 12.5. The van der Waals surface area contributed by atoms with Gasteiger partial charge >= 0.3 is 0 Å². The molecular formula is C20H21N. The largest absolute Gasteiger partial charge is 0.307 e. The van der Waals surface area contributed by atoms with E-state index in [1.54, 1.807) is 0 Å². The van der Waals surface area contributed by atoms with Crippen molar-refractivity contribution in [2.75, 3.05) is 6.54 Å². The van der Waals surface area contributed by atoms with E-state index >= 15 is 0 Å². The van der Waals surface area contributed by atoms with Crippen LogP contribution in [0, 0.1) is 6.92 Å². The van der Waals surface area contributed by atoms with Crippen molar-refractivity contribution >= 4 is 10.8 Å². The summed E-state index contributed by atoms with van der Waals surface area (Å²) in [5.74, 6) is 0. The van der Waals surface area contributed by atoms with Crippen molar-refractivity contribution < 1.29 is 0 Å². The molecule has 0 spiro atoms. The quantitative estimate of drug-likeness (QED) is 0.718. The lowest BCUT2D eigenvalue weighted by Gasteiger charge is -2.20. The van der Waals surface area contributed by atoms with Gasteiger partial charge in [0, 0.05) is 0 Å². The Kier molecular flexibility index (Phi) is 4.03. The Bertz CT molecular complexity index is 745. The zero-order valence-corrected chi connectivity index (χ0v) is 12.6. The van der Waals surface area contributed by atoms with Crippen molar-refractivity contribution in [3.8, 4) is 0 Å². The molecular weight excluding hydrogens is 254 g/mol. The molecule has 0 aliphatic carbocycles. The van der Waals surface area contributed by atoms with E-state index in [1.165, 1.54) is 27.5 Å². The van der Waals surface area contributed by atoms with E-state index < -0.39 is 0 Å². The van der Waals surface area contributed by atoms with E-state index in [-0.39, 0.29) is 6.04 Å². The van der Waals surface area contributed by atoms with Crippen LogP contribution in [0.5, 0.6) is 0 Å². The van der Waals surface area contributed by atoms with Crippen molar-refractivity contribution in [2.45, 2.75) is 19.9 Å². The second kappa shape index (κ2) is 6.11. The Morgan fingerprint density at radius 3 is 2.33 bits per heavy atom. The van der Waals surface area contributed by atoms with Gasteiger partial charge in [0.05, 0.1) is 6.04 Å². The minimum absolute atomic E-state index is 0.250. The van der Waals surface area contributed by atoms with Crippen molar-refractivity contribution in [1.82, 2.24) is 5.32 Å².